The summed E-state index contributed by atoms with van der Waals surface area (Å²) in [6.07, 6.45) is 2.89. The summed E-state index contributed by atoms with van der Waals surface area (Å²) in [7, 11) is 1.44. The van der Waals surface area contributed by atoms with Crippen LogP contribution in [0.5, 0.6) is 23.0 Å². The Labute approximate surface area is 255 Å². The summed E-state index contributed by atoms with van der Waals surface area (Å²) >= 11 is 3.34. The zero-order chi connectivity index (χ0) is 30.2. The van der Waals surface area contributed by atoms with Crippen molar-refractivity contribution in [1.29, 1.82) is 0 Å². The van der Waals surface area contributed by atoms with Gasteiger partial charge in [0, 0.05) is 10.0 Å². The Hall–Kier alpha value is -5.42. The van der Waals surface area contributed by atoms with Crippen LogP contribution in [0.15, 0.2) is 106 Å². The molecule has 0 saturated carbocycles. The number of methoxy groups -OCH3 is 1. The Morgan fingerprint density at radius 3 is 2.40 bits per heavy atom. The molecule has 0 unspecified atom stereocenters. The van der Waals surface area contributed by atoms with E-state index in [0.29, 0.717) is 38.2 Å². The van der Waals surface area contributed by atoms with Gasteiger partial charge in [0.25, 0.3) is 11.8 Å². The molecule has 2 amide bonds. The number of ether oxygens (including phenoxy) is 4. The van der Waals surface area contributed by atoms with Gasteiger partial charge in [-0.3, -0.25) is 9.59 Å². The van der Waals surface area contributed by atoms with Crippen LogP contribution in [0.4, 0.5) is 0 Å². The highest BCUT2D eigenvalue weighted by Gasteiger charge is 2.18. The first kappa shape index (κ1) is 29.1. The molecule has 216 valence electrons. The molecule has 0 spiro atoms. The minimum atomic E-state index is -0.663. The Balaban J connectivity index is 1.31. The molecule has 4 aromatic carbocycles. The molecular weight excluding hydrogens is 618 g/mol. The van der Waals surface area contributed by atoms with Crippen LogP contribution in [-0.4, -0.2) is 37.9 Å². The van der Waals surface area contributed by atoms with Crippen LogP contribution >= 0.6 is 15.9 Å². The average Bonchev–Trinajstić information content (AvgIpc) is 3.50. The Morgan fingerprint density at radius 1 is 0.860 bits per heavy atom. The molecule has 0 fully saturated rings. The van der Waals surface area contributed by atoms with Crippen LogP contribution in [0, 0.1) is 0 Å². The summed E-state index contributed by atoms with van der Waals surface area (Å²) in [6, 6.07) is 25.4. The van der Waals surface area contributed by atoms with Crippen molar-refractivity contribution in [1.82, 2.24) is 10.7 Å². The molecular formula is C32H24BrN3O7. The zero-order valence-electron chi connectivity index (χ0n) is 22.7. The van der Waals surface area contributed by atoms with E-state index in [1.54, 1.807) is 91.0 Å². The molecule has 5 rings (SSSR count). The number of carbonyl (C=O) groups is 3. The molecule has 0 bridgehead atoms. The van der Waals surface area contributed by atoms with Gasteiger partial charge in [0.15, 0.2) is 23.0 Å². The molecule has 0 saturated heterocycles. The fourth-order valence-electron chi connectivity index (χ4n) is 3.97. The maximum atomic E-state index is 13.1. The van der Waals surface area contributed by atoms with Gasteiger partial charge in [-0.1, -0.05) is 36.4 Å². The lowest BCUT2D eigenvalue weighted by molar-refractivity contribution is -0.117. The highest BCUT2D eigenvalue weighted by Crippen LogP contribution is 2.33. The molecule has 10 nitrogen and oxygen atoms in total. The maximum Gasteiger partial charge on any atom is 0.344 e. The van der Waals surface area contributed by atoms with E-state index in [2.05, 4.69) is 31.8 Å². The standard InChI is InChI=1S/C32H24BrN3O7/c1-40-28-17-21(12-14-27(28)43-32(39)23-9-5-6-10-24(23)33)18-34-36-31(38)25(35-30(37)22-7-3-2-4-8-22)15-20-11-13-26-29(16-20)42-19-41-26/h2-18H,19H2,1H3,(H,35,37)(H,36,38)/b25-15+,34-18+. The van der Waals surface area contributed by atoms with Crippen LogP contribution in [0.25, 0.3) is 6.08 Å². The second-order valence-electron chi connectivity index (χ2n) is 8.97. The van der Waals surface area contributed by atoms with Gasteiger partial charge in [0.1, 0.15) is 5.70 Å². The Kier molecular flexibility index (Phi) is 9.13. The van der Waals surface area contributed by atoms with Crippen molar-refractivity contribution in [3.05, 3.63) is 123 Å². The molecule has 1 heterocycles. The maximum absolute atomic E-state index is 13.1. The molecule has 0 atom stereocenters. The predicted molar refractivity (Wildman–Crippen MR) is 162 cm³/mol. The second kappa shape index (κ2) is 13.5. The Bertz CT molecular complexity index is 1740. The highest BCUT2D eigenvalue weighted by molar-refractivity contribution is 9.10. The van der Waals surface area contributed by atoms with Gasteiger partial charge in [0.2, 0.25) is 6.79 Å². The number of esters is 1. The highest BCUT2D eigenvalue weighted by atomic mass is 79.9. The van der Waals surface area contributed by atoms with Crippen molar-refractivity contribution in [2.75, 3.05) is 13.9 Å². The van der Waals surface area contributed by atoms with Crippen molar-refractivity contribution in [2.45, 2.75) is 0 Å². The summed E-state index contributed by atoms with van der Waals surface area (Å²) in [5, 5.41) is 6.69. The smallest absolute Gasteiger partial charge is 0.344 e. The number of rotatable bonds is 9. The molecule has 1 aliphatic rings. The summed E-state index contributed by atoms with van der Waals surface area (Å²) in [5.74, 6) is -0.0751. The van der Waals surface area contributed by atoms with E-state index in [1.165, 1.54) is 19.4 Å². The lowest BCUT2D eigenvalue weighted by Crippen LogP contribution is -2.32. The molecule has 43 heavy (non-hydrogen) atoms. The van der Waals surface area contributed by atoms with Crippen molar-refractivity contribution < 1.29 is 33.3 Å². The third-order valence-electron chi connectivity index (χ3n) is 6.10. The van der Waals surface area contributed by atoms with E-state index in [1.807, 2.05) is 0 Å². The number of hydrogen-bond acceptors (Lipinski definition) is 8. The van der Waals surface area contributed by atoms with E-state index >= 15 is 0 Å². The lowest BCUT2D eigenvalue weighted by Gasteiger charge is -2.11. The van der Waals surface area contributed by atoms with Crippen molar-refractivity contribution >= 4 is 46.0 Å². The van der Waals surface area contributed by atoms with Crippen LogP contribution in [0.1, 0.15) is 31.8 Å². The number of benzene rings is 4. The van der Waals surface area contributed by atoms with E-state index in [9.17, 15) is 14.4 Å². The monoisotopic (exact) mass is 641 g/mol. The number of carbonyl (C=O) groups excluding carboxylic acids is 3. The van der Waals surface area contributed by atoms with Crippen molar-refractivity contribution in [2.24, 2.45) is 5.10 Å². The number of fused-ring (bicyclic) bond motifs is 1. The first-order valence-electron chi connectivity index (χ1n) is 12.9. The number of nitrogens with zero attached hydrogens (tertiary/aromatic N) is 1. The fourth-order valence-corrected chi connectivity index (χ4v) is 4.41. The molecule has 2 N–H and O–H groups in total. The third-order valence-corrected chi connectivity index (χ3v) is 6.79. The Morgan fingerprint density at radius 2 is 1.60 bits per heavy atom. The summed E-state index contributed by atoms with van der Waals surface area (Å²) in [5.41, 5.74) is 4.28. The average molecular weight is 642 g/mol. The SMILES string of the molecule is COc1cc(/C=N/NC(=O)/C(=C\c2ccc3c(c2)OCO3)NC(=O)c2ccccc2)ccc1OC(=O)c1ccccc1Br. The first-order chi connectivity index (χ1) is 20.9. The van der Waals surface area contributed by atoms with E-state index in [0.717, 1.165) is 0 Å². The van der Waals surface area contributed by atoms with E-state index < -0.39 is 17.8 Å². The summed E-state index contributed by atoms with van der Waals surface area (Å²) in [4.78, 5) is 38.6. The van der Waals surface area contributed by atoms with Gasteiger partial charge in [-0.15, -0.1) is 0 Å². The van der Waals surface area contributed by atoms with E-state index in [-0.39, 0.29) is 24.0 Å². The molecule has 11 heteroatoms. The topological polar surface area (TPSA) is 125 Å². The van der Waals surface area contributed by atoms with Crippen molar-refractivity contribution in [3.8, 4) is 23.0 Å². The van der Waals surface area contributed by atoms with E-state index in [4.69, 9.17) is 18.9 Å². The quantitative estimate of drug-likeness (QED) is 0.0832. The van der Waals surface area contributed by atoms with Crippen molar-refractivity contribution in [3.63, 3.8) is 0 Å². The molecule has 0 aromatic heterocycles. The van der Waals surface area contributed by atoms with Gasteiger partial charge in [0.05, 0.1) is 18.9 Å². The number of hydrazone groups is 1. The fraction of sp³-hybridized carbons (Fsp3) is 0.0625. The van der Waals surface area contributed by atoms with Gasteiger partial charge in [-0.25, -0.2) is 10.2 Å². The van der Waals surface area contributed by atoms with Crippen LogP contribution < -0.4 is 29.7 Å². The minimum absolute atomic E-state index is 0.0446. The molecule has 4 aromatic rings. The second-order valence-corrected chi connectivity index (χ2v) is 9.82. The zero-order valence-corrected chi connectivity index (χ0v) is 24.3. The lowest BCUT2D eigenvalue weighted by atomic mass is 10.1. The minimum Gasteiger partial charge on any atom is -0.493 e. The normalized spacial score (nSPS) is 12.1. The number of hydrogen-bond donors (Lipinski definition) is 2. The van der Waals surface area contributed by atoms with Gasteiger partial charge in [-0.2, -0.15) is 5.10 Å². The van der Waals surface area contributed by atoms with Crippen LogP contribution in [0.2, 0.25) is 0 Å². The molecule has 1 aliphatic heterocycles. The largest absolute Gasteiger partial charge is 0.493 e. The van der Waals surface area contributed by atoms with Gasteiger partial charge in [-0.05, 0) is 87.7 Å². The number of nitrogens with one attached hydrogen (secondary N) is 2. The van der Waals surface area contributed by atoms with Crippen LogP contribution in [0.3, 0.4) is 0 Å². The molecule has 0 radical (unpaired) electrons. The molecule has 0 aliphatic carbocycles. The van der Waals surface area contributed by atoms with Gasteiger partial charge < -0.3 is 24.3 Å². The third kappa shape index (κ3) is 7.27. The predicted octanol–water partition coefficient (Wildman–Crippen LogP) is 5.33. The summed E-state index contributed by atoms with van der Waals surface area (Å²) < 4.78 is 22.3. The number of halogens is 1. The number of amides is 2. The van der Waals surface area contributed by atoms with Crippen LogP contribution in [-0.2, 0) is 4.79 Å². The van der Waals surface area contributed by atoms with Gasteiger partial charge >= 0.3 is 5.97 Å². The first-order valence-corrected chi connectivity index (χ1v) is 13.7. The summed E-state index contributed by atoms with van der Waals surface area (Å²) in [6.45, 7) is 0.105.